The molecular formula is C10H18N2O2. The van der Waals surface area contributed by atoms with Gasteiger partial charge in [-0.15, -0.1) is 0 Å². The molecule has 0 saturated carbocycles. The van der Waals surface area contributed by atoms with Crippen LogP contribution in [0.2, 0.25) is 0 Å². The fraction of sp³-hybridized carbons (Fsp3) is 0.600. The molecule has 4 heteroatoms. The van der Waals surface area contributed by atoms with E-state index in [1.165, 1.54) is 0 Å². The SMILES string of the molecule is CCNC(=O)CC=CCC(=O)NCC. The van der Waals surface area contributed by atoms with E-state index in [2.05, 4.69) is 10.6 Å². The van der Waals surface area contributed by atoms with Gasteiger partial charge >= 0.3 is 0 Å². The molecule has 0 radical (unpaired) electrons. The van der Waals surface area contributed by atoms with Crippen LogP contribution < -0.4 is 10.6 Å². The van der Waals surface area contributed by atoms with Crippen molar-refractivity contribution in [3.63, 3.8) is 0 Å². The Bertz CT molecular complexity index is 190. The second-order valence-electron chi connectivity index (χ2n) is 2.79. The van der Waals surface area contributed by atoms with Gasteiger partial charge in [0.2, 0.25) is 11.8 Å². The topological polar surface area (TPSA) is 58.2 Å². The minimum absolute atomic E-state index is 0.0142. The Morgan fingerprint density at radius 1 is 0.929 bits per heavy atom. The maximum atomic E-state index is 11.0. The molecule has 0 aromatic carbocycles. The first-order chi connectivity index (χ1) is 6.70. The first kappa shape index (κ1) is 12.7. The van der Waals surface area contributed by atoms with Gasteiger partial charge in [0.15, 0.2) is 0 Å². The van der Waals surface area contributed by atoms with Crippen molar-refractivity contribution in [1.82, 2.24) is 10.6 Å². The van der Waals surface area contributed by atoms with Gasteiger partial charge in [-0.1, -0.05) is 12.2 Å². The van der Waals surface area contributed by atoms with Gasteiger partial charge in [0.1, 0.15) is 0 Å². The molecule has 0 aromatic rings. The zero-order valence-electron chi connectivity index (χ0n) is 8.80. The number of hydrogen-bond donors (Lipinski definition) is 2. The lowest BCUT2D eigenvalue weighted by atomic mass is 10.3. The summed E-state index contributed by atoms with van der Waals surface area (Å²) in [6.45, 7) is 5.03. The summed E-state index contributed by atoms with van der Waals surface area (Å²) in [6.07, 6.45) is 4.10. The molecule has 0 fully saturated rings. The maximum Gasteiger partial charge on any atom is 0.223 e. The zero-order chi connectivity index (χ0) is 10.8. The summed E-state index contributed by atoms with van der Waals surface area (Å²) in [5.74, 6) is -0.0284. The molecule has 14 heavy (non-hydrogen) atoms. The summed E-state index contributed by atoms with van der Waals surface area (Å²) in [5.41, 5.74) is 0. The molecule has 2 N–H and O–H groups in total. The molecule has 0 rings (SSSR count). The fourth-order valence-corrected chi connectivity index (χ4v) is 0.919. The van der Waals surface area contributed by atoms with E-state index in [0.717, 1.165) is 0 Å². The summed E-state index contributed by atoms with van der Waals surface area (Å²) in [5, 5.41) is 5.34. The molecule has 0 aliphatic rings. The van der Waals surface area contributed by atoms with E-state index in [4.69, 9.17) is 0 Å². The van der Waals surface area contributed by atoms with E-state index >= 15 is 0 Å². The van der Waals surface area contributed by atoms with Crippen LogP contribution in [0.3, 0.4) is 0 Å². The van der Waals surface area contributed by atoms with E-state index < -0.39 is 0 Å². The van der Waals surface area contributed by atoms with Crippen LogP contribution >= 0.6 is 0 Å². The average molecular weight is 198 g/mol. The van der Waals surface area contributed by atoms with Crippen LogP contribution in [0.4, 0.5) is 0 Å². The monoisotopic (exact) mass is 198 g/mol. The third-order valence-corrected chi connectivity index (χ3v) is 1.52. The predicted octanol–water partition coefficient (Wildman–Crippen LogP) is 0.595. The Labute approximate surface area is 84.8 Å². The lowest BCUT2D eigenvalue weighted by Crippen LogP contribution is -2.22. The Kier molecular flexibility index (Phi) is 7.50. The van der Waals surface area contributed by atoms with E-state index in [0.29, 0.717) is 25.9 Å². The molecule has 2 amide bonds. The molecule has 0 saturated heterocycles. The van der Waals surface area contributed by atoms with E-state index in [9.17, 15) is 9.59 Å². The van der Waals surface area contributed by atoms with Crippen molar-refractivity contribution in [2.75, 3.05) is 13.1 Å². The number of rotatable bonds is 6. The van der Waals surface area contributed by atoms with Crippen molar-refractivity contribution in [1.29, 1.82) is 0 Å². The highest BCUT2D eigenvalue weighted by molar-refractivity contribution is 5.79. The molecule has 0 aliphatic carbocycles. The van der Waals surface area contributed by atoms with E-state index in [1.807, 2.05) is 13.8 Å². The van der Waals surface area contributed by atoms with Crippen molar-refractivity contribution in [2.45, 2.75) is 26.7 Å². The molecule has 4 nitrogen and oxygen atoms in total. The van der Waals surface area contributed by atoms with Crippen LogP contribution in [0.15, 0.2) is 12.2 Å². The second-order valence-corrected chi connectivity index (χ2v) is 2.79. The van der Waals surface area contributed by atoms with Crippen molar-refractivity contribution < 1.29 is 9.59 Å². The minimum Gasteiger partial charge on any atom is -0.356 e. The summed E-state index contributed by atoms with van der Waals surface area (Å²) < 4.78 is 0. The van der Waals surface area contributed by atoms with Crippen LogP contribution in [0.5, 0.6) is 0 Å². The number of amides is 2. The largest absolute Gasteiger partial charge is 0.356 e. The maximum absolute atomic E-state index is 11.0. The highest BCUT2D eigenvalue weighted by Crippen LogP contribution is 1.87. The summed E-state index contributed by atoms with van der Waals surface area (Å²) in [4.78, 5) is 21.9. The van der Waals surface area contributed by atoms with Gasteiger partial charge in [-0.25, -0.2) is 0 Å². The van der Waals surface area contributed by atoms with Crippen molar-refractivity contribution in [2.24, 2.45) is 0 Å². The van der Waals surface area contributed by atoms with Gasteiger partial charge in [-0.3, -0.25) is 9.59 Å². The lowest BCUT2D eigenvalue weighted by Gasteiger charge is -1.98. The number of hydrogen-bond acceptors (Lipinski definition) is 2. The number of carbonyl (C=O) groups is 2. The van der Waals surface area contributed by atoms with Crippen LogP contribution in [-0.4, -0.2) is 24.9 Å². The molecule has 0 atom stereocenters. The summed E-state index contributed by atoms with van der Waals surface area (Å²) >= 11 is 0. The van der Waals surface area contributed by atoms with Crippen LogP contribution in [-0.2, 0) is 9.59 Å². The molecule has 0 unspecified atom stereocenters. The molecule has 0 spiro atoms. The predicted molar refractivity (Wildman–Crippen MR) is 55.7 cm³/mol. The molecule has 0 bridgehead atoms. The Balaban J connectivity index is 3.53. The smallest absolute Gasteiger partial charge is 0.223 e. The number of nitrogens with one attached hydrogen (secondary N) is 2. The standard InChI is InChI=1S/C10H18N2O2/c1-3-11-9(13)7-5-6-8-10(14)12-4-2/h5-6H,3-4,7-8H2,1-2H3,(H,11,13)(H,12,14). The highest BCUT2D eigenvalue weighted by atomic mass is 16.2. The Morgan fingerprint density at radius 3 is 1.57 bits per heavy atom. The second kappa shape index (κ2) is 8.29. The quantitative estimate of drug-likeness (QED) is 0.614. The summed E-state index contributed by atoms with van der Waals surface area (Å²) in [6, 6.07) is 0. The molecule has 0 aromatic heterocycles. The van der Waals surface area contributed by atoms with Crippen molar-refractivity contribution >= 4 is 11.8 Å². The molecule has 0 aliphatic heterocycles. The zero-order valence-corrected chi connectivity index (χ0v) is 8.80. The Morgan fingerprint density at radius 2 is 1.29 bits per heavy atom. The first-order valence-corrected chi connectivity index (χ1v) is 4.89. The van der Waals surface area contributed by atoms with Crippen LogP contribution in [0, 0.1) is 0 Å². The van der Waals surface area contributed by atoms with E-state index in [1.54, 1.807) is 12.2 Å². The van der Waals surface area contributed by atoms with Gasteiger partial charge in [0.25, 0.3) is 0 Å². The van der Waals surface area contributed by atoms with Gasteiger partial charge in [-0.2, -0.15) is 0 Å². The summed E-state index contributed by atoms with van der Waals surface area (Å²) in [7, 11) is 0. The fourth-order valence-electron chi connectivity index (χ4n) is 0.919. The van der Waals surface area contributed by atoms with Gasteiger partial charge < -0.3 is 10.6 Å². The van der Waals surface area contributed by atoms with Crippen LogP contribution in [0.1, 0.15) is 26.7 Å². The molecule has 0 heterocycles. The minimum atomic E-state index is -0.0142. The third kappa shape index (κ3) is 7.34. The van der Waals surface area contributed by atoms with Crippen molar-refractivity contribution in [3.05, 3.63) is 12.2 Å². The average Bonchev–Trinajstić information content (AvgIpc) is 2.13. The number of carbonyl (C=O) groups excluding carboxylic acids is 2. The normalized spacial score (nSPS) is 10.1. The van der Waals surface area contributed by atoms with Gasteiger partial charge in [-0.05, 0) is 13.8 Å². The third-order valence-electron chi connectivity index (χ3n) is 1.52. The lowest BCUT2D eigenvalue weighted by molar-refractivity contribution is -0.121. The first-order valence-electron chi connectivity index (χ1n) is 4.89. The van der Waals surface area contributed by atoms with E-state index in [-0.39, 0.29) is 11.8 Å². The van der Waals surface area contributed by atoms with Crippen LogP contribution in [0.25, 0.3) is 0 Å². The van der Waals surface area contributed by atoms with Gasteiger partial charge in [0.05, 0.1) is 0 Å². The highest BCUT2D eigenvalue weighted by Gasteiger charge is 1.96. The van der Waals surface area contributed by atoms with Crippen molar-refractivity contribution in [3.8, 4) is 0 Å². The van der Waals surface area contributed by atoms with Gasteiger partial charge in [0, 0.05) is 25.9 Å². The molecular weight excluding hydrogens is 180 g/mol. The molecule has 80 valence electrons. The Hall–Kier alpha value is -1.32.